The molecule has 0 saturated carbocycles. The normalized spacial score (nSPS) is 9.64. The molecule has 0 radical (unpaired) electrons. The van der Waals surface area contributed by atoms with E-state index < -0.39 is 0 Å². The van der Waals surface area contributed by atoms with Gasteiger partial charge in [-0.05, 0) is 12.1 Å². The molecule has 0 fully saturated rings. The zero-order chi connectivity index (χ0) is 10.4. The van der Waals surface area contributed by atoms with Crippen molar-refractivity contribution in [3.63, 3.8) is 0 Å². The van der Waals surface area contributed by atoms with Crippen LogP contribution in [0.2, 0.25) is 0 Å². The molecule has 1 aromatic rings. The van der Waals surface area contributed by atoms with E-state index in [1.165, 1.54) is 0 Å². The number of benzene rings is 1. The largest absolute Gasteiger partial charge is 0.493 e. The molecular formula is C10H15NO3. The topological polar surface area (TPSA) is 39.7 Å². The molecule has 0 aliphatic rings. The molecule has 0 aliphatic carbocycles. The summed E-state index contributed by atoms with van der Waals surface area (Å²) >= 11 is 0. The first kappa shape index (κ1) is 10.7. The molecule has 1 aromatic carbocycles. The Kier molecular flexibility index (Phi) is 4.07. The maximum atomic E-state index is 5.15. The van der Waals surface area contributed by atoms with Crippen molar-refractivity contribution >= 4 is 5.69 Å². The van der Waals surface area contributed by atoms with E-state index >= 15 is 0 Å². The van der Waals surface area contributed by atoms with E-state index in [0.29, 0.717) is 12.5 Å². The van der Waals surface area contributed by atoms with E-state index in [-0.39, 0.29) is 0 Å². The lowest BCUT2D eigenvalue weighted by molar-refractivity contribution is 0.221. The zero-order valence-electron chi connectivity index (χ0n) is 8.66. The number of anilines is 1. The molecule has 78 valence electrons. The fourth-order valence-corrected chi connectivity index (χ4v) is 1.10. The van der Waals surface area contributed by atoms with Crippen molar-refractivity contribution in [1.82, 2.24) is 0 Å². The van der Waals surface area contributed by atoms with E-state index in [4.69, 9.17) is 14.2 Å². The first-order chi connectivity index (χ1) is 6.81. The van der Waals surface area contributed by atoms with Gasteiger partial charge in [-0.1, -0.05) is 0 Å². The minimum atomic E-state index is 0.468. The van der Waals surface area contributed by atoms with Gasteiger partial charge in [0, 0.05) is 18.9 Å². The van der Waals surface area contributed by atoms with Crippen LogP contribution in [0.15, 0.2) is 18.2 Å². The van der Waals surface area contributed by atoms with Gasteiger partial charge >= 0.3 is 0 Å². The van der Waals surface area contributed by atoms with Crippen molar-refractivity contribution in [3.05, 3.63) is 18.2 Å². The third-order valence-corrected chi connectivity index (χ3v) is 1.80. The number of rotatable bonds is 5. The van der Waals surface area contributed by atoms with Crippen LogP contribution in [0.25, 0.3) is 0 Å². The van der Waals surface area contributed by atoms with Crippen LogP contribution in [0.3, 0.4) is 0 Å². The second-order valence-electron chi connectivity index (χ2n) is 2.68. The Morgan fingerprint density at radius 1 is 1.07 bits per heavy atom. The van der Waals surface area contributed by atoms with E-state index in [1.807, 2.05) is 18.2 Å². The summed E-state index contributed by atoms with van der Waals surface area (Å²) in [6, 6.07) is 5.61. The highest BCUT2D eigenvalue weighted by Gasteiger charge is 2.03. The molecule has 0 aliphatic heterocycles. The van der Waals surface area contributed by atoms with Gasteiger partial charge in [0.1, 0.15) is 6.73 Å². The van der Waals surface area contributed by atoms with Gasteiger partial charge in [-0.25, -0.2) is 0 Å². The quantitative estimate of drug-likeness (QED) is 0.729. The number of methoxy groups -OCH3 is 3. The molecule has 0 bridgehead atoms. The summed E-state index contributed by atoms with van der Waals surface area (Å²) in [4.78, 5) is 0. The molecular weight excluding hydrogens is 182 g/mol. The van der Waals surface area contributed by atoms with Gasteiger partial charge < -0.3 is 19.5 Å². The van der Waals surface area contributed by atoms with Crippen molar-refractivity contribution in [3.8, 4) is 11.5 Å². The smallest absolute Gasteiger partial charge is 0.162 e. The highest BCUT2D eigenvalue weighted by molar-refractivity contribution is 5.54. The van der Waals surface area contributed by atoms with Gasteiger partial charge in [0.05, 0.1) is 14.2 Å². The van der Waals surface area contributed by atoms with E-state index in [1.54, 1.807) is 21.3 Å². The van der Waals surface area contributed by atoms with Crippen molar-refractivity contribution in [1.29, 1.82) is 0 Å². The second kappa shape index (κ2) is 5.34. The SMILES string of the molecule is COCNc1ccc(OC)c(OC)c1. The molecule has 0 unspecified atom stereocenters. The second-order valence-corrected chi connectivity index (χ2v) is 2.68. The van der Waals surface area contributed by atoms with Crippen LogP contribution in [-0.2, 0) is 4.74 Å². The van der Waals surface area contributed by atoms with Gasteiger partial charge in [0.2, 0.25) is 0 Å². The molecule has 14 heavy (non-hydrogen) atoms. The Labute approximate surface area is 83.8 Å². The number of ether oxygens (including phenoxy) is 3. The molecule has 1 N–H and O–H groups in total. The summed E-state index contributed by atoms with van der Waals surface area (Å²) in [5.41, 5.74) is 0.935. The molecule has 4 nitrogen and oxygen atoms in total. The lowest BCUT2D eigenvalue weighted by Gasteiger charge is -2.10. The summed E-state index contributed by atoms with van der Waals surface area (Å²) in [7, 11) is 4.85. The maximum absolute atomic E-state index is 5.15. The van der Waals surface area contributed by atoms with Crippen LogP contribution in [0.5, 0.6) is 11.5 Å². The molecule has 0 saturated heterocycles. The Bertz CT molecular complexity index is 289. The fraction of sp³-hybridized carbons (Fsp3) is 0.400. The Balaban J connectivity index is 2.79. The first-order valence-electron chi connectivity index (χ1n) is 4.26. The van der Waals surface area contributed by atoms with Gasteiger partial charge in [0.15, 0.2) is 11.5 Å². The Hall–Kier alpha value is -1.42. The first-order valence-corrected chi connectivity index (χ1v) is 4.26. The predicted molar refractivity (Wildman–Crippen MR) is 55.0 cm³/mol. The van der Waals surface area contributed by atoms with Gasteiger partial charge in [-0.2, -0.15) is 0 Å². The zero-order valence-corrected chi connectivity index (χ0v) is 8.66. The van der Waals surface area contributed by atoms with Crippen molar-refractivity contribution in [2.75, 3.05) is 33.4 Å². The van der Waals surface area contributed by atoms with E-state index in [0.717, 1.165) is 11.4 Å². The van der Waals surface area contributed by atoms with Crippen LogP contribution in [-0.4, -0.2) is 28.1 Å². The molecule has 0 spiro atoms. The van der Waals surface area contributed by atoms with Crippen molar-refractivity contribution in [2.45, 2.75) is 0 Å². The highest BCUT2D eigenvalue weighted by atomic mass is 16.5. The highest BCUT2D eigenvalue weighted by Crippen LogP contribution is 2.29. The lowest BCUT2D eigenvalue weighted by Crippen LogP contribution is -2.03. The molecule has 0 heterocycles. The summed E-state index contributed by atoms with van der Waals surface area (Å²) in [6.07, 6.45) is 0. The van der Waals surface area contributed by atoms with Crippen LogP contribution < -0.4 is 14.8 Å². The average Bonchev–Trinajstić information content (AvgIpc) is 2.25. The molecule has 0 atom stereocenters. The Morgan fingerprint density at radius 3 is 2.36 bits per heavy atom. The van der Waals surface area contributed by atoms with Crippen molar-refractivity contribution in [2.24, 2.45) is 0 Å². The van der Waals surface area contributed by atoms with Gasteiger partial charge in [0.25, 0.3) is 0 Å². The lowest BCUT2D eigenvalue weighted by atomic mass is 10.3. The average molecular weight is 197 g/mol. The van der Waals surface area contributed by atoms with Crippen LogP contribution >= 0.6 is 0 Å². The third kappa shape index (κ3) is 2.53. The van der Waals surface area contributed by atoms with Gasteiger partial charge in [-0.15, -0.1) is 0 Å². The minimum Gasteiger partial charge on any atom is -0.493 e. The number of hydrogen-bond donors (Lipinski definition) is 1. The van der Waals surface area contributed by atoms with Crippen LogP contribution in [0.4, 0.5) is 5.69 Å². The van der Waals surface area contributed by atoms with Crippen LogP contribution in [0.1, 0.15) is 0 Å². The summed E-state index contributed by atoms with van der Waals surface area (Å²) in [5, 5.41) is 3.06. The summed E-state index contributed by atoms with van der Waals surface area (Å²) in [6.45, 7) is 0.468. The van der Waals surface area contributed by atoms with Crippen LogP contribution in [0, 0.1) is 0 Å². The Morgan fingerprint density at radius 2 is 1.79 bits per heavy atom. The fourth-order valence-electron chi connectivity index (χ4n) is 1.10. The van der Waals surface area contributed by atoms with Gasteiger partial charge in [-0.3, -0.25) is 0 Å². The third-order valence-electron chi connectivity index (χ3n) is 1.80. The number of nitrogens with one attached hydrogen (secondary N) is 1. The number of hydrogen-bond acceptors (Lipinski definition) is 4. The predicted octanol–water partition coefficient (Wildman–Crippen LogP) is 1.72. The van der Waals surface area contributed by atoms with E-state index in [2.05, 4.69) is 5.32 Å². The summed E-state index contributed by atoms with van der Waals surface area (Å²) < 4.78 is 15.2. The summed E-state index contributed by atoms with van der Waals surface area (Å²) in [5.74, 6) is 1.42. The molecule has 1 rings (SSSR count). The maximum Gasteiger partial charge on any atom is 0.162 e. The molecule has 0 aromatic heterocycles. The molecule has 0 amide bonds. The molecule has 4 heteroatoms. The monoisotopic (exact) mass is 197 g/mol. The van der Waals surface area contributed by atoms with Crippen molar-refractivity contribution < 1.29 is 14.2 Å². The van der Waals surface area contributed by atoms with E-state index in [9.17, 15) is 0 Å². The minimum absolute atomic E-state index is 0.468. The standard InChI is InChI=1S/C10H15NO3/c1-12-7-11-8-4-5-9(13-2)10(6-8)14-3/h4-6,11H,7H2,1-3H3.